The van der Waals surface area contributed by atoms with Gasteiger partial charge in [0.2, 0.25) is 6.39 Å². The van der Waals surface area contributed by atoms with E-state index in [0.29, 0.717) is 5.82 Å². The van der Waals surface area contributed by atoms with Gasteiger partial charge in [0.1, 0.15) is 0 Å². The SMILES string of the molecule is CCCN1CCCC(N)(c2ncon2)CC1. The fraction of sp³-hybridized carbons (Fsp3) is 0.818. The van der Waals surface area contributed by atoms with Crippen molar-refractivity contribution in [3.63, 3.8) is 0 Å². The largest absolute Gasteiger partial charge is 0.343 e. The van der Waals surface area contributed by atoms with E-state index in [2.05, 4.69) is 22.0 Å². The molecule has 1 atom stereocenters. The van der Waals surface area contributed by atoms with Crippen molar-refractivity contribution in [1.29, 1.82) is 0 Å². The van der Waals surface area contributed by atoms with Gasteiger partial charge in [0.05, 0.1) is 5.54 Å². The van der Waals surface area contributed by atoms with Gasteiger partial charge in [-0.2, -0.15) is 4.98 Å². The molecule has 1 aliphatic rings. The first-order chi connectivity index (χ1) is 7.74. The number of hydrogen-bond donors (Lipinski definition) is 1. The third-order valence-corrected chi connectivity index (χ3v) is 3.32. The van der Waals surface area contributed by atoms with Crippen LogP contribution in [0.5, 0.6) is 0 Å². The molecule has 0 spiro atoms. The highest BCUT2D eigenvalue weighted by atomic mass is 16.5. The highest BCUT2D eigenvalue weighted by Gasteiger charge is 2.33. The lowest BCUT2D eigenvalue weighted by Crippen LogP contribution is -2.39. The Morgan fingerprint density at radius 2 is 2.38 bits per heavy atom. The third-order valence-electron chi connectivity index (χ3n) is 3.32. The van der Waals surface area contributed by atoms with Crippen LogP contribution in [0.25, 0.3) is 0 Å². The summed E-state index contributed by atoms with van der Waals surface area (Å²) in [7, 11) is 0. The van der Waals surface area contributed by atoms with Gasteiger partial charge in [0.25, 0.3) is 0 Å². The van der Waals surface area contributed by atoms with Crippen LogP contribution in [0, 0.1) is 0 Å². The summed E-state index contributed by atoms with van der Waals surface area (Å²) in [5.74, 6) is 0.658. The summed E-state index contributed by atoms with van der Waals surface area (Å²) in [6.45, 7) is 5.52. The fourth-order valence-electron chi connectivity index (χ4n) is 2.37. The Hall–Kier alpha value is -0.940. The van der Waals surface area contributed by atoms with E-state index in [1.807, 2.05) is 0 Å². The zero-order chi connectivity index (χ0) is 11.4. The molecule has 16 heavy (non-hydrogen) atoms. The molecule has 1 aromatic rings. The van der Waals surface area contributed by atoms with Gasteiger partial charge in [0, 0.05) is 6.54 Å². The molecule has 0 bridgehead atoms. The van der Waals surface area contributed by atoms with Gasteiger partial charge in [-0.3, -0.25) is 0 Å². The van der Waals surface area contributed by atoms with Crippen molar-refractivity contribution >= 4 is 0 Å². The average molecular weight is 224 g/mol. The first-order valence-electron chi connectivity index (χ1n) is 6.03. The maximum Gasteiger partial charge on any atom is 0.213 e. The lowest BCUT2D eigenvalue weighted by atomic mass is 9.91. The zero-order valence-electron chi connectivity index (χ0n) is 9.85. The Morgan fingerprint density at radius 1 is 1.50 bits per heavy atom. The summed E-state index contributed by atoms with van der Waals surface area (Å²) in [6.07, 6.45) is 5.50. The van der Waals surface area contributed by atoms with Crippen molar-refractivity contribution in [1.82, 2.24) is 15.0 Å². The van der Waals surface area contributed by atoms with E-state index < -0.39 is 5.54 Å². The molecule has 5 heteroatoms. The summed E-state index contributed by atoms with van der Waals surface area (Å²) in [5.41, 5.74) is 5.98. The van der Waals surface area contributed by atoms with E-state index in [9.17, 15) is 0 Å². The molecule has 1 unspecified atom stereocenters. The zero-order valence-corrected chi connectivity index (χ0v) is 9.85. The number of rotatable bonds is 3. The van der Waals surface area contributed by atoms with Gasteiger partial charge in [-0.25, -0.2) is 0 Å². The number of likely N-dealkylation sites (tertiary alicyclic amines) is 1. The number of hydrogen-bond acceptors (Lipinski definition) is 5. The first kappa shape index (κ1) is 11.5. The molecular formula is C11H20N4O. The van der Waals surface area contributed by atoms with Crippen LogP contribution in [-0.2, 0) is 5.54 Å². The average Bonchev–Trinajstić information content (AvgIpc) is 2.74. The lowest BCUT2D eigenvalue weighted by molar-refractivity contribution is 0.271. The Kier molecular flexibility index (Phi) is 3.56. The second kappa shape index (κ2) is 4.93. The quantitative estimate of drug-likeness (QED) is 0.833. The minimum Gasteiger partial charge on any atom is -0.343 e. The summed E-state index contributed by atoms with van der Waals surface area (Å²) in [6, 6.07) is 0. The van der Waals surface area contributed by atoms with Crippen molar-refractivity contribution in [2.45, 2.75) is 38.1 Å². The van der Waals surface area contributed by atoms with Crippen molar-refractivity contribution in [3.8, 4) is 0 Å². The van der Waals surface area contributed by atoms with Gasteiger partial charge < -0.3 is 15.2 Å². The molecule has 1 aliphatic heterocycles. The Balaban J connectivity index is 2.02. The molecule has 0 aromatic carbocycles. The van der Waals surface area contributed by atoms with Gasteiger partial charge in [0.15, 0.2) is 5.82 Å². The van der Waals surface area contributed by atoms with E-state index in [4.69, 9.17) is 10.3 Å². The number of nitrogens with zero attached hydrogens (tertiary/aromatic N) is 3. The van der Waals surface area contributed by atoms with E-state index >= 15 is 0 Å². The van der Waals surface area contributed by atoms with Gasteiger partial charge in [-0.05, 0) is 38.8 Å². The standard InChI is InChI=1S/C11H20N4O/c1-2-6-15-7-3-4-11(12,5-8-15)10-13-9-16-14-10/h9H,2-8,12H2,1H3. The van der Waals surface area contributed by atoms with Crippen LogP contribution in [-0.4, -0.2) is 34.7 Å². The van der Waals surface area contributed by atoms with Gasteiger partial charge >= 0.3 is 0 Å². The molecule has 90 valence electrons. The van der Waals surface area contributed by atoms with Crippen molar-refractivity contribution in [3.05, 3.63) is 12.2 Å². The van der Waals surface area contributed by atoms with Crippen LogP contribution in [0.2, 0.25) is 0 Å². The third kappa shape index (κ3) is 2.41. The predicted octanol–water partition coefficient (Wildman–Crippen LogP) is 1.12. The minimum absolute atomic E-state index is 0.393. The second-order valence-electron chi connectivity index (χ2n) is 4.61. The minimum atomic E-state index is -0.393. The van der Waals surface area contributed by atoms with Crippen molar-refractivity contribution < 1.29 is 4.52 Å². The second-order valence-corrected chi connectivity index (χ2v) is 4.61. The normalized spacial score (nSPS) is 27.9. The Labute approximate surface area is 96.0 Å². The van der Waals surface area contributed by atoms with Crippen LogP contribution >= 0.6 is 0 Å². The molecule has 0 aliphatic carbocycles. The maximum atomic E-state index is 6.37. The molecule has 1 fully saturated rings. The predicted molar refractivity (Wildman–Crippen MR) is 60.7 cm³/mol. The Morgan fingerprint density at radius 3 is 3.06 bits per heavy atom. The summed E-state index contributed by atoms with van der Waals surface area (Å²) < 4.78 is 4.79. The molecule has 5 nitrogen and oxygen atoms in total. The molecule has 0 radical (unpaired) electrons. The van der Waals surface area contributed by atoms with E-state index in [1.165, 1.54) is 12.8 Å². The highest BCUT2D eigenvalue weighted by molar-refractivity contribution is 5.03. The maximum absolute atomic E-state index is 6.37. The molecule has 2 rings (SSSR count). The number of aromatic nitrogens is 2. The first-order valence-corrected chi connectivity index (χ1v) is 6.03. The molecule has 0 amide bonds. The van der Waals surface area contributed by atoms with Crippen molar-refractivity contribution in [2.75, 3.05) is 19.6 Å². The number of nitrogens with two attached hydrogens (primary N) is 1. The van der Waals surface area contributed by atoms with E-state index in [-0.39, 0.29) is 0 Å². The fourth-order valence-corrected chi connectivity index (χ4v) is 2.37. The monoisotopic (exact) mass is 224 g/mol. The highest BCUT2D eigenvalue weighted by Crippen LogP contribution is 2.27. The molecule has 1 aromatic heterocycles. The van der Waals surface area contributed by atoms with Crippen molar-refractivity contribution in [2.24, 2.45) is 5.73 Å². The molecule has 2 N–H and O–H groups in total. The smallest absolute Gasteiger partial charge is 0.213 e. The summed E-state index contributed by atoms with van der Waals surface area (Å²) in [4.78, 5) is 6.57. The summed E-state index contributed by atoms with van der Waals surface area (Å²) >= 11 is 0. The molecule has 2 heterocycles. The van der Waals surface area contributed by atoms with E-state index in [1.54, 1.807) is 0 Å². The van der Waals surface area contributed by atoms with Crippen LogP contribution in [0.4, 0.5) is 0 Å². The molecular weight excluding hydrogens is 204 g/mol. The van der Waals surface area contributed by atoms with Gasteiger partial charge in [-0.15, -0.1) is 0 Å². The molecule has 0 saturated carbocycles. The Bertz CT molecular complexity index is 314. The summed E-state index contributed by atoms with van der Waals surface area (Å²) in [5, 5.41) is 3.89. The lowest BCUT2D eigenvalue weighted by Gasteiger charge is -2.24. The van der Waals surface area contributed by atoms with Crippen LogP contribution < -0.4 is 5.73 Å². The van der Waals surface area contributed by atoms with Crippen LogP contribution in [0.3, 0.4) is 0 Å². The topological polar surface area (TPSA) is 68.2 Å². The van der Waals surface area contributed by atoms with Crippen LogP contribution in [0.1, 0.15) is 38.4 Å². The van der Waals surface area contributed by atoms with Crippen LogP contribution in [0.15, 0.2) is 10.9 Å². The van der Waals surface area contributed by atoms with E-state index in [0.717, 1.165) is 38.9 Å². The molecule has 1 saturated heterocycles. The van der Waals surface area contributed by atoms with Gasteiger partial charge in [-0.1, -0.05) is 12.1 Å².